The number of hydrogen-bond donors (Lipinski definition) is 2. The molecule has 7 heteroatoms. The minimum atomic E-state index is -0.138. The average Bonchev–Trinajstić information content (AvgIpc) is 3.29. The van der Waals surface area contributed by atoms with Gasteiger partial charge in [0.25, 0.3) is 5.56 Å². The molecular formula is C32H33N5O2. The molecule has 39 heavy (non-hydrogen) atoms. The molecule has 0 amide bonds. The number of rotatable bonds is 6. The Kier molecular flexibility index (Phi) is 6.75. The van der Waals surface area contributed by atoms with E-state index in [2.05, 4.69) is 39.1 Å². The molecule has 3 heterocycles. The first-order valence-corrected chi connectivity index (χ1v) is 13.7. The van der Waals surface area contributed by atoms with E-state index in [1.165, 1.54) is 5.56 Å². The Balaban J connectivity index is 1.19. The topological polar surface area (TPSA) is 86.8 Å². The summed E-state index contributed by atoms with van der Waals surface area (Å²) in [4.78, 5) is 38.8. The van der Waals surface area contributed by atoms with Crippen LogP contribution in [0.1, 0.15) is 49.9 Å². The molecule has 0 spiro atoms. The molecule has 1 aliphatic heterocycles. The number of aromatic amines is 2. The quantitative estimate of drug-likeness (QED) is 0.301. The van der Waals surface area contributed by atoms with Gasteiger partial charge in [0.1, 0.15) is 5.69 Å². The summed E-state index contributed by atoms with van der Waals surface area (Å²) in [6, 6.07) is 26.5. The predicted molar refractivity (Wildman–Crippen MR) is 156 cm³/mol. The first-order valence-electron chi connectivity index (χ1n) is 13.7. The zero-order valence-electron chi connectivity index (χ0n) is 22.4. The van der Waals surface area contributed by atoms with E-state index in [1.54, 1.807) is 0 Å². The van der Waals surface area contributed by atoms with Gasteiger partial charge in [0.2, 0.25) is 0 Å². The summed E-state index contributed by atoms with van der Waals surface area (Å²) in [6.07, 6.45) is 1.88. The third-order valence-corrected chi connectivity index (χ3v) is 7.73. The lowest BCUT2D eigenvalue weighted by atomic mass is 10.0. The van der Waals surface area contributed by atoms with Gasteiger partial charge < -0.3 is 9.97 Å². The van der Waals surface area contributed by atoms with E-state index >= 15 is 0 Å². The molecule has 0 saturated carbocycles. The fourth-order valence-corrected chi connectivity index (χ4v) is 5.68. The summed E-state index contributed by atoms with van der Waals surface area (Å²) < 4.78 is 1.94. The number of nitrogens with one attached hydrogen (secondary N) is 2. The van der Waals surface area contributed by atoms with Crippen LogP contribution in [0.2, 0.25) is 0 Å². The van der Waals surface area contributed by atoms with Crippen molar-refractivity contribution in [3.8, 4) is 22.5 Å². The molecule has 2 aromatic heterocycles. The lowest BCUT2D eigenvalue weighted by Gasteiger charge is -2.32. The maximum Gasteiger partial charge on any atom is 0.326 e. The average molecular weight is 520 g/mol. The molecule has 1 fully saturated rings. The maximum atomic E-state index is 12.8. The number of piperidine rings is 1. The van der Waals surface area contributed by atoms with Gasteiger partial charge in [-0.25, -0.2) is 9.78 Å². The number of benzene rings is 3. The molecule has 7 nitrogen and oxygen atoms in total. The number of fused-ring (bicyclic) bond motifs is 1. The SMILES string of the molecule is CC(C)c1nc(-c2ccccc2)c(-c2ccc(CN3CCC(n4c(=O)[nH]c5ccccc54)CC3)cc2)[nH]c1=O. The fourth-order valence-electron chi connectivity index (χ4n) is 5.68. The summed E-state index contributed by atoms with van der Waals surface area (Å²) in [5.41, 5.74) is 6.95. The lowest BCUT2D eigenvalue weighted by Crippen LogP contribution is -2.36. The van der Waals surface area contributed by atoms with Gasteiger partial charge >= 0.3 is 5.69 Å². The largest absolute Gasteiger partial charge is 0.326 e. The van der Waals surface area contributed by atoms with Gasteiger partial charge in [-0.05, 0) is 30.5 Å². The van der Waals surface area contributed by atoms with Gasteiger partial charge in [-0.2, -0.15) is 0 Å². The van der Waals surface area contributed by atoms with E-state index in [1.807, 2.05) is 73.0 Å². The van der Waals surface area contributed by atoms with Gasteiger partial charge in [0.15, 0.2) is 0 Å². The van der Waals surface area contributed by atoms with E-state index < -0.39 is 0 Å². The molecule has 198 valence electrons. The van der Waals surface area contributed by atoms with Crippen LogP contribution < -0.4 is 11.2 Å². The van der Waals surface area contributed by atoms with Gasteiger partial charge in [0.05, 0.1) is 22.4 Å². The molecular weight excluding hydrogens is 486 g/mol. The van der Waals surface area contributed by atoms with E-state index in [9.17, 15) is 9.59 Å². The molecule has 2 N–H and O–H groups in total. The summed E-state index contributed by atoms with van der Waals surface area (Å²) in [5.74, 6) is 0.0337. The van der Waals surface area contributed by atoms with Gasteiger partial charge in [-0.15, -0.1) is 0 Å². The first kappa shape index (κ1) is 25.1. The molecule has 3 aromatic carbocycles. The van der Waals surface area contributed by atoms with Crippen LogP contribution in [-0.4, -0.2) is 37.5 Å². The highest BCUT2D eigenvalue weighted by atomic mass is 16.1. The van der Waals surface area contributed by atoms with Crippen molar-refractivity contribution in [3.05, 3.63) is 111 Å². The third kappa shape index (κ3) is 4.98. The zero-order valence-corrected chi connectivity index (χ0v) is 22.4. The molecule has 0 atom stereocenters. The number of H-pyrrole nitrogens is 2. The number of nitrogens with zero attached hydrogens (tertiary/aromatic N) is 3. The Bertz CT molecular complexity index is 1710. The summed E-state index contributed by atoms with van der Waals surface area (Å²) in [6.45, 7) is 6.70. The van der Waals surface area contributed by atoms with Crippen molar-refractivity contribution in [2.75, 3.05) is 13.1 Å². The second kappa shape index (κ2) is 10.5. The van der Waals surface area contributed by atoms with E-state index in [4.69, 9.17) is 4.98 Å². The second-order valence-corrected chi connectivity index (χ2v) is 10.7. The third-order valence-electron chi connectivity index (χ3n) is 7.73. The van der Waals surface area contributed by atoms with Crippen LogP contribution in [0.4, 0.5) is 0 Å². The van der Waals surface area contributed by atoms with Gasteiger partial charge in [0, 0.05) is 42.7 Å². The highest BCUT2D eigenvalue weighted by Crippen LogP contribution is 2.30. The van der Waals surface area contributed by atoms with Crippen LogP contribution in [0.25, 0.3) is 33.5 Å². The Hall–Kier alpha value is -4.23. The lowest BCUT2D eigenvalue weighted by molar-refractivity contribution is 0.180. The van der Waals surface area contributed by atoms with E-state index in [-0.39, 0.29) is 23.2 Å². The van der Waals surface area contributed by atoms with Crippen LogP contribution in [0.3, 0.4) is 0 Å². The molecule has 0 aliphatic carbocycles. The molecule has 0 radical (unpaired) electrons. The molecule has 1 saturated heterocycles. The normalized spacial score (nSPS) is 14.8. The highest BCUT2D eigenvalue weighted by molar-refractivity contribution is 5.78. The van der Waals surface area contributed by atoms with E-state index in [0.717, 1.165) is 66.0 Å². The van der Waals surface area contributed by atoms with Crippen LogP contribution >= 0.6 is 0 Å². The highest BCUT2D eigenvalue weighted by Gasteiger charge is 2.24. The van der Waals surface area contributed by atoms with Crippen molar-refractivity contribution in [1.29, 1.82) is 0 Å². The fraction of sp³-hybridized carbons (Fsp3) is 0.281. The van der Waals surface area contributed by atoms with Crippen molar-refractivity contribution in [1.82, 2.24) is 24.4 Å². The molecule has 1 aliphatic rings. The minimum Gasteiger partial charge on any atom is -0.318 e. The predicted octanol–water partition coefficient (Wildman–Crippen LogP) is 5.71. The van der Waals surface area contributed by atoms with Crippen LogP contribution in [0.5, 0.6) is 0 Å². The van der Waals surface area contributed by atoms with Crippen LogP contribution in [-0.2, 0) is 6.54 Å². The first-order chi connectivity index (χ1) is 19.0. The number of imidazole rings is 1. The number of aromatic nitrogens is 4. The van der Waals surface area contributed by atoms with Crippen molar-refractivity contribution in [3.63, 3.8) is 0 Å². The Morgan fingerprint density at radius 3 is 2.26 bits per heavy atom. The molecule has 0 unspecified atom stereocenters. The van der Waals surface area contributed by atoms with E-state index in [0.29, 0.717) is 5.69 Å². The molecule has 0 bridgehead atoms. The monoisotopic (exact) mass is 519 g/mol. The number of para-hydroxylation sites is 2. The Morgan fingerprint density at radius 2 is 1.54 bits per heavy atom. The maximum absolute atomic E-state index is 12.8. The standard InChI is InChI=1S/C32H33N5O2/c1-21(2)28-31(38)35-30(29(34-28)23-8-4-3-5-9-23)24-14-12-22(13-15-24)20-36-18-16-25(17-19-36)37-27-11-7-6-10-26(27)33-32(37)39/h3-15,21,25H,16-20H2,1-2H3,(H,33,39)(H,35,38). The summed E-state index contributed by atoms with van der Waals surface area (Å²) in [7, 11) is 0. The van der Waals surface area contributed by atoms with Gasteiger partial charge in [-0.3, -0.25) is 14.3 Å². The second-order valence-electron chi connectivity index (χ2n) is 10.7. The van der Waals surface area contributed by atoms with Crippen molar-refractivity contribution in [2.45, 2.75) is 45.2 Å². The number of likely N-dealkylation sites (tertiary alicyclic amines) is 1. The molecule has 5 aromatic rings. The Labute approximate surface area is 227 Å². The summed E-state index contributed by atoms with van der Waals surface area (Å²) >= 11 is 0. The van der Waals surface area contributed by atoms with Crippen molar-refractivity contribution >= 4 is 11.0 Å². The van der Waals surface area contributed by atoms with Crippen molar-refractivity contribution in [2.24, 2.45) is 0 Å². The van der Waals surface area contributed by atoms with Crippen LogP contribution in [0.15, 0.2) is 88.5 Å². The minimum absolute atomic E-state index is 0.0194. The van der Waals surface area contributed by atoms with Crippen molar-refractivity contribution < 1.29 is 0 Å². The summed E-state index contributed by atoms with van der Waals surface area (Å²) in [5, 5.41) is 0. The Morgan fingerprint density at radius 1 is 0.846 bits per heavy atom. The molecule has 6 rings (SSSR count). The number of hydrogen-bond acceptors (Lipinski definition) is 4. The van der Waals surface area contributed by atoms with Crippen LogP contribution in [0, 0.1) is 0 Å². The smallest absolute Gasteiger partial charge is 0.318 e. The van der Waals surface area contributed by atoms with Gasteiger partial charge in [-0.1, -0.05) is 80.6 Å². The zero-order chi connectivity index (χ0) is 26.9.